The van der Waals surface area contributed by atoms with E-state index in [4.69, 9.17) is 4.74 Å². The van der Waals surface area contributed by atoms with Gasteiger partial charge in [-0.05, 0) is 37.8 Å². The molecule has 1 N–H and O–H groups in total. The van der Waals surface area contributed by atoms with Gasteiger partial charge in [0.1, 0.15) is 0 Å². The van der Waals surface area contributed by atoms with Crippen LogP contribution in [0.15, 0.2) is 12.1 Å². The van der Waals surface area contributed by atoms with E-state index in [1.165, 1.54) is 12.8 Å². The van der Waals surface area contributed by atoms with Crippen LogP contribution in [0.5, 0.6) is 0 Å². The van der Waals surface area contributed by atoms with Crippen LogP contribution in [0.4, 0.5) is 5.82 Å². The molecule has 1 aromatic heterocycles. The first-order valence-corrected chi connectivity index (χ1v) is 8.54. The molecule has 23 heavy (non-hydrogen) atoms. The Hall–Kier alpha value is -1.69. The van der Waals surface area contributed by atoms with Crippen LogP contribution in [0.1, 0.15) is 25.0 Å². The number of hydrogen-bond acceptors (Lipinski definition) is 5. The first kappa shape index (κ1) is 14.9. The number of amides is 1. The summed E-state index contributed by atoms with van der Waals surface area (Å²) in [5, 5.41) is 11.6. The largest absolute Gasteiger partial charge is 0.380 e. The summed E-state index contributed by atoms with van der Waals surface area (Å²) >= 11 is 0. The average molecular weight is 316 g/mol. The predicted octanol–water partition coefficient (Wildman–Crippen LogP) is 1.15. The molecule has 4 rings (SSSR count). The Kier molecular flexibility index (Phi) is 3.71. The summed E-state index contributed by atoms with van der Waals surface area (Å²) < 4.78 is 5.73. The molecule has 2 atom stereocenters. The Balaban J connectivity index is 1.41. The van der Waals surface area contributed by atoms with Crippen molar-refractivity contribution in [3.05, 3.63) is 17.8 Å². The standard InChI is InChI=1S/C17H24N4O2/c1-12-2-5-15(20-19-12)21-7-14-8-23-11-17(14,10-21)9-18-16(22)6-13-3-4-13/h2,5,13-14H,3-4,6-11H2,1H3,(H,18,22)/t14-,17+/m0/s1. The van der Waals surface area contributed by atoms with E-state index in [-0.39, 0.29) is 11.3 Å². The topological polar surface area (TPSA) is 67.3 Å². The van der Waals surface area contributed by atoms with Crippen LogP contribution >= 0.6 is 0 Å². The minimum absolute atomic E-state index is 0.0196. The number of fused-ring (bicyclic) bond motifs is 1. The van der Waals surface area contributed by atoms with Crippen molar-refractivity contribution in [2.75, 3.05) is 37.7 Å². The van der Waals surface area contributed by atoms with Gasteiger partial charge in [0.2, 0.25) is 5.91 Å². The predicted molar refractivity (Wildman–Crippen MR) is 86.1 cm³/mol. The molecule has 3 aliphatic rings. The van der Waals surface area contributed by atoms with Crippen molar-refractivity contribution in [1.82, 2.24) is 15.5 Å². The summed E-state index contributed by atoms with van der Waals surface area (Å²) in [4.78, 5) is 14.3. The van der Waals surface area contributed by atoms with E-state index in [1.54, 1.807) is 0 Å². The monoisotopic (exact) mass is 316 g/mol. The lowest BCUT2D eigenvalue weighted by Crippen LogP contribution is -2.43. The molecule has 2 saturated heterocycles. The quantitative estimate of drug-likeness (QED) is 0.883. The Labute approximate surface area is 136 Å². The minimum Gasteiger partial charge on any atom is -0.380 e. The van der Waals surface area contributed by atoms with Gasteiger partial charge in [0.25, 0.3) is 0 Å². The summed E-state index contributed by atoms with van der Waals surface area (Å²) in [5.41, 5.74) is 0.949. The van der Waals surface area contributed by atoms with Gasteiger partial charge in [0.15, 0.2) is 5.82 Å². The maximum absolute atomic E-state index is 12.0. The number of nitrogens with one attached hydrogen (secondary N) is 1. The molecule has 6 nitrogen and oxygen atoms in total. The SMILES string of the molecule is Cc1ccc(N2C[C@H]3COC[C@@]3(CNC(=O)CC3CC3)C2)nn1. The lowest BCUT2D eigenvalue weighted by Gasteiger charge is -2.27. The van der Waals surface area contributed by atoms with Gasteiger partial charge in [-0.15, -0.1) is 5.10 Å². The van der Waals surface area contributed by atoms with Crippen molar-refractivity contribution in [2.24, 2.45) is 17.3 Å². The summed E-state index contributed by atoms with van der Waals surface area (Å²) in [6, 6.07) is 4.03. The molecule has 6 heteroatoms. The van der Waals surface area contributed by atoms with Crippen molar-refractivity contribution < 1.29 is 9.53 Å². The van der Waals surface area contributed by atoms with E-state index >= 15 is 0 Å². The summed E-state index contributed by atoms with van der Waals surface area (Å²) in [6.07, 6.45) is 3.11. The van der Waals surface area contributed by atoms with E-state index in [0.717, 1.165) is 37.8 Å². The highest BCUT2D eigenvalue weighted by molar-refractivity contribution is 5.76. The summed E-state index contributed by atoms with van der Waals surface area (Å²) in [6.45, 7) is 5.94. The van der Waals surface area contributed by atoms with Crippen LogP contribution in [-0.4, -0.2) is 49.0 Å². The zero-order valence-electron chi connectivity index (χ0n) is 13.6. The fourth-order valence-corrected chi connectivity index (χ4v) is 3.75. The van der Waals surface area contributed by atoms with Crippen LogP contribution in [0.3, 0.4) is 0 Å². The second kappa shape index (κ2) is 5.74. The lowest BCUT2D eigenvalue weighted by atomic mass is 9.81. The fourth-order valence-electron chi connectivity index (χ4n) is 3.75. The summed E-state index contributed by atoms with van der Waals surface area (Å²) in [5.74, 6) is 2.20. The lowest BCUT2D eigenvalue weighted by molar-refractivity contribution is -0.121. The van der Waals surface area contributed by atoms with Crippen LogP contribution in [0.2, 0.25) is 0 Å². The summed E-state index contributed by atoms with van der Waals surface area (Å²) in [7, 11) is 0. The molecule has 1 saturated carbocycles. The van der Waals surface area contributed by atoms with E-state index < -0.39 is 0 Å². The zero-order valence-corrected chi connectivity index (χ0v) is 13.6. The number of rotatable bonds is 5. The highest BCUT2D eigenvalue weighted by Gasteiger charge is 2.51. The second-order valence-corrected chi connectivity index (χ2v) is 7.41. The average Bonchev–Trinajstić information content (AvgIpc) is 3.14. The van der Waals surface area contributed by atoms with Crippen molar-refractivity contribution in [2.45, 2.75) is 26.2 Å². The number of anilines is 1. The van der Waals surface area contributed by atoms with Gasteiger partial charge in [-0.25, -0.2) is 0 Å². The molecule has 1 aliphatic carbocycles. The van der Waals surface area contributed by atoms with Gasteiger partial charge < -0.3 is 15.0 Å². The number of carbonyl (C=O) groups is 1. The zero-order chi connectivity index (χ0) is 15.9. The van der Waals surface area contributed by atoms with Crippen molar-refractivity contribution >= 4 is 11.7 Å². The molecule has 0 spiro atoms. The van der Waals surface area contributed by atoms with Gasteiger partial charge in [-0.1, -0.05) is 0 Å². The number of carbonyl (C=O) groups excluding carboxylic acids is 1. The third kappa shape index (κ3) is 3.04. The highest BCUT2D eigenvalue weighted by Crippen LogP contribution is 2.42. The number of hydrogen-bond donors (Lipinski definition) is 1. The molecule has 0 radical (unpaired) electrons. The Morgan fingerprint density at radius 2 is 2.30 bits per heavy atom. The molecule has 1 amide bonds. The number of nitrogens with zero attached hydrogens (tertiary/aromatic N) is 3. The molecule has 1 aromatic rings. The third-order valence-electron chi connectivity index (χ3n) is 5.44. The van der Waals surface area contributed by atoms with Gasteiger partial charge in [-0.2, -0.15) is 5.10 Å². The molecule has 124 valence electrons. The Morgan fingerprint density at radius 1 is 1.43 bits per heavy atom. The van der Waals surface area contributed by atoms with Gasteiger partial charge in [0.05, 0.1) is 18.9 Å². The molecule has 3 heterocycles. The first-order chi connectivity index (χ1) is 11.1. The smallest absolute Gasteiger partial charge is 0.220 e. The van der Waals surface area contributed by atoms with Crippen molar-refractivity contribution in [3.8, 4) is 0 Å². The van der Waals surface area contributed by atoms with Crippen LogP contribution < -0.4 is 10.2 Å². The molecular weight excluding hydrogens is 292 g/mol. The van der Waals surface area contributed by atoms with Gasteiger partial charge >= 0.3 is 0 Å². The first-order valence-electron chi connectivity index (χ1n) is 8.54. The molecule has 3 fully saturated rings. The number of aryl methyl sites for hydroxylation is 1. The van der Waals surface area contributed by atoms with Crippen LogP contribution in [0, 0.1) is 24.2 Å². The van der Waals surface area contributed by atoms with Gasteiger partial charge in [0, 0.05) is 37.4 Å². The number of ether oxygens (including phenoxy) is 1. The molecule has 0 bridgehead atoms. The van der Waals surface area contributed by atoms with Crippen LogP contribution in [-0.2, 0) is 9.53 Å². The Morgan fingerprint density at radius 3 is 3.04 bits per heavy atom. The minimum atomic E-state index is 0.0196. The maximum atomic E-state index is 12.0. The van der Waals surface area contributed by atoms with Crippen LogP contribution in [0.25, 0.3) is 0 Å². The fraction of sp³-hybridized carbons (Fsp3) is 0.706. The molecule has 2 aliphatic heterocycles. The Bertz CT molecular complexity index is 587. The molecule has 0 aromatic carbocycles. The second-order valence-electron chi connectivity index (χ2n) is 7.41. The molecular formula is C17H24N4O2. The van der Waals surface area contributed by atoms with Crippen molar-refractivity contribution in [3.63, 3.8) is 0 Å². The number of aromatic nitrogens is 2. The molecule has 0 unspecified atom stereocenters. The van der Waals surface area contributed by atoms with E-state index in [1.807, 2.05) is 19.1 Å². The maximum Gasteiger partial charge on any atom is 0.220 e. The highest BCUT2D eigenvalue weighted by atomic mass is 16.5. The van der Waals surface area contributed by atoms with E-state index in [0.29, 0.717) is 24.8 Å². The van der Waals surface area contributed by atoms with E-state index in [9.17, 15) is 4.79 Å². The van der Waals surface area contributed by atoms with Crippen molar-refractivity contribution in [1.29, 1.82) is 0 Å². The van der Waals surface area contributed by atoms with E-state index in [2.05, 4.69) is 20.4 Å². The third-order valence-corrected chi connectivity index (χ3v) is 5.44. The van der Waals surface area contributed by atoms with Gasteiger partial charge in [-0.3, -0.25) is 4.79 Å². The normalized spacial score (nSPS) is 29.6.